The lowest BCUT2D eigenvalue weighted by Gasteiger charge is -2.29. The monoisotopic (exact) mass is 284 g/mol. The number of nitrogens with one attached hydrogen (secondary N) is 1. The van der Waals surface area contributed by atoms with Crippen molar-refractivity contribution in [1.82, 2.24) is 8.43 Å². The van der Waals surface area contributed by atoms with Gasteiger partial charge in [-0.1, -0.05) is 0 Å². The van der Waals surface area contributed by atoms with Gasteiger partial charge in [-0.25, -0.2) is 3.11 Å². The molecule has 0 amide bonds. The van der Waals surface area contributed by atoms with Crippen LogP contribution in [0.4, 0.5) is 0 Å². The number of hydrogen-bond donors (Lipinski definition) is 1. The maximum atomic E-state index is 3.61. The van der Waals surface area contributed by atoms with E-state index in [2.05, 4.69) is 50.0 Å². The predicted octanol–water partition coefficient (Wildman–Crippen LogP) is 1.46. The first-order valence-corrected chi connectivity index (χ1v) is 5.99. The molecule has 3 unspecified atom stereocenters. The summed E-state index contributed by atoms with van der Waals surface area (Å²) in [6, 6.07) is 0.793. The molecule has 2 aliphatic heterocycles. The quantitative estimate of drug-likeness (QED) is 0.535. The summed E-state index contributed by atoms with van der Waals surface area (Å²) in [5.41, 5.74) is 0. The van der Waals surface area contributed by atoms with Gasteiger partial charge in [-0.05, 0) is 13.3 Å². The lowest BCUT2D eigenvalue weighted by Crippen LogP contribution is -2.43. The van der Waals surface area contributed by atoms with E-state index in [1.165, 1.54) is 19.5 Å². The van der Waals surface area contributed by atoms with Crippen molar-refractivity contribution in [3.05, 3.63) is 0 Å². The third-order valence-electron chi connectivity index (χ3n) is 2.34. The highest BCUT2D eigenvalue weighted by molar-refractivity contribution is 14.1. The van der Waals surface area contributed by atoms with Crippen LogP contribution in [0.15, 0.2) is 0 Å². The maximum Gasteiger partial charge on any atom is 0.0509 e. The van der Waals surface area contributed by atoms with Gasteiger partial charge < -0.3 is 5.32 Å². The molecule has 64 valence electrons. The minimum Gasteiger partial charge on any atom is -0.302 e. The molecule has 1 N–H and O–H groups in total. The van der Waals surface area contributed by atoms with Crippen LogP contribution in [0, 0.1) is 0 Å². The molecular formula is C7H13IN2S. The topological polar surface area (TPSA) is 15.3 Å². The van der Waals surface area contributed by atoms with Crippen molar-refractivity contribution >= 4 is 34.6 Å². The van der Waals surface area contributed by atoms with E-state index in [0.717, 1.165) is 11.3 Å². The molecule has 2 heterocycles. The fourth-order valence-corrected chi connectivity index (χ4v) is 4.23. The van der Waals surface area contributed by atoms with E-state index in [1.807, 2.05) is 0 Å². The number of halogens is 1. The number of nitrogens with zero attached hydrogens (tertiary/aromatic N) is 1. The second kappa shape index (κ2) is 3.40. The first-order chi connectivity index (χ1) is 5.25. The SMILES string of the molecule is CC1NC2CCN(I)CC2S1. The summed E-state index contributed by atoms with van der Waals surface area (Å²) in [5, 5.41) is 5.13. The molecule has 4 heteroatoms. The van der Waals surface area contributed by atoms with Gasteiger partial charge in [-0.2, -0.15) is 0 Å². The standard InChI is InChI=1S/C7H13IN2S/c1-5-9-6-2-3-10(8)4-7(6)11-5/h5-7,9H,2-4H2,1H3. The second-order valence-electron chi connectivity index (χ2n) is 3.25. The van der Waals surface area contributed by atoms with Crippen LogP contribution in [0.2, 0.25) is 0 Å². The molecule has 2 fully saturated rings. The first kappa shape index (κ1) is 8.59. The molecule has 0 bridgehead atoms. The Labute approximate surface area is 86.0 Å². The summed E-state index contributed by atoms with van der Waals surface area (Å²) in [6.07, 6.45) is 1.32. The van der Waals surface area contributed by atoms with Gasteiger partial charge in [0, 0.05) is 47.2 Å². The Balaban J connectivity index is 1.97. The molecule has 0 spiro atoms. The molecule has 3 atom stereocenters. The van der Waals surface area contributed by atoms with Crippen LogP contribution in [0.5, 0.6) is 0 Å². The van der Waals surface area contributed by atoms with Gasteiger partial charge in [0.15, 0.2) is 0 Å². The molecule has 0 radical (unpaired) electrons. The molecule has 0 aliphatic carbocycles. The van der Waals surface area contributed by atoms with Crippen LogP contribution < -0.4 is 5.32 Å². The lowest BCUT2D eigenvalue weighted by molar-refractivity contribution is 0.350. The van der Waals surface area contributed by atoms with Gasteiger partial charge >= 0.3 is 0 Å². The van der Waals surface area contributed by atoms with Gasteiger partial charge in [0.1, 0.15) is 0 Å². The highest BCUT2D eigenvalue weighted by Crippen LogP contribution is 2.32. The van der Waals surface area contributed by atoms with Gasteiger partial charge in [0.2, 0.25) is 0 Å². The van der Waals surface area contributed by atoms with E-state index >= 15 is 0 Å². The highest BCUT2D eigenvalue weighted by Gasteiger charge is 2.35. The molecule has 0 aromatic rings. The van der Waals surface area contributed by atoms with Crippen LogP contribution >= 0.6 is 34.6 Å². The van der Waals surface area contributed by atoms with E-state index in [9.17, 15) is 0 Å². The van der Waals surface area contributed by atoms with Gasteiger partial charge in [0.25, 0.3) is 0 Å². The van der Waals surface area contributed by atoms with Gasteiger partial charge in [0.05, 0.1) is 5.37 Å². The molecule has 11 heavy (non-hydrogen) atoms. The summed E-state index contributed by atoms with van der Waals surface area (Å²) in [7, 11) is 0. The summed E-state index contributed by atoms with van der Waals surface area (Å²) in [6.45, 7) is 4.77. The Bertz CT molecular complexity index is 155. The van der Waals surface area contributed by atoms with Crippen molar-refractivity contribution in [1.29, 1.82) is 0 Å². The Morgan fingerprint density at radius 2 is 2.45 bits per heavy atom. The zero-order valence-electron chi connectivity index (χ0n) is 6.59. The number of rotatable bonds is 0. The molecule has 2 nitrogen and oxygen atoms in total. The van der Waals surface area contributed by atoms with Crippen LogP contribution in [-0.4, -0.2) is 32.9 Å². The average Bonchev–Trinajstić information content (AvgIpc) is 2.27. The fourth-order valence-electron chi connectivity index (χ4n) is 1.81. The summed E-state index contributed by atoms with van der Waals surface area (Å²) < 4.78 is 2.41. The van der Waals surface area contributed by atoms with Gasteiger partial charge in [-0.15, -0.1) is 11.8 Å². The van der Waals surface area contributed by atoms with E-state index < -0.39 is 0 Å². The van der Waals surface area contributed by atoms with Crippen molar-refractivity contribution in [2.45, 2.75) is 30.0 Å². The van der Waals surface area contributed by atoms with Gasteiger partial charge in [-0.3, -0.25) is 0 Å². The predicted molar refractivity (Wildman–Crippen MR) is 58.0 cm³/mol. The molecule has 2 aliphatic rings. The first-order valence-electron chi connectivity index (χ1n) is 4.08. The van der Waals surface area contributed by atoms with Crippen molar-refractivity contribution in [3.63, 3.8) is 0 Å². The Morgan fingerprint density at radius 1 is 1.64 bits per heavy atom. The van der Waals surface area contributed by atoms with Crippen LogP contribution in [0.3, 0.4) is 0 Å². The molecule has 2 rings (SSSR count). The number of hydrogen-bond acceptors (Lipinski definition) is 3. The van der Waals surface area contributed by atoms with Crippen molar-refractivity contribution in [3.8, 4) is 0 Å². The third kappa shape index (κ3) is 1.84. The van der Waals surface area contributed by atoms with Crippen molar-refractivity contribution < 1.29 is 0 Å². The Hall–Kier alpha value is 1.00. The number of thioether (sulfide) groups is 1. The zero-order valence-corrected chi connectivity index (χ0v) is 9.56. The van der Waals surface area contributed by atoms with Crippen LogP contribution in [-0.2, 0) is 0 Å². The molecular weight excluding hydrogens is 271 g/mol. The second-order valence-corrected chi connectivity index (χ2v) is 6.20. The molecule has 2 saturated heterocycles. The van der Waals surface area contributed by atoms with E-state index in [-0.39, 0.29) is 0 Å². The summed E-state index contributed by atoms with van der Waals surface area (Å²) in [4.78, 5) is 0. The molecule has 0 aromatic heterocycles. The summed E-state index contributed by atoms with van der Waals surface area (Å²) >= 11 is 4.53. The highest BCUT2D eigenvalue weighted by atomic mass is 127. The average molecular weight is 284 g/mol. The zero-order chi connectivity index (χ0) is 7.84. The minimum absolute atomic E-state index is 0.674. The maximum absolute atomic E-state index is 3.61. The van der Waals surface area contributed by atoms with Crippen molar-refractivity contribution in [2.75, 3.05) is 13.1 Å². The van der Waals surface area contributed by atoms with Crippen LogP contribution in [0.25, 0.3) is 0 Å². The fraction of sp³-hybridized carbons (Fsp3) is 1.00. The summed E-state index contributed by atoms with van der Waals surface area (Å²) in [5.74, 6) is 0. The number of piperidine rings is 1. The number of fused-ring (bicyclic) bond motifs is 1. The Kier molecular flexibility index (Phi) is 2.65. The molecule has 0 saturated carbocycles. The van der Waals surface area contributed by atoms with Crippen LogP contribution in [0.1, 0.15) is 13.3 Å². The van der Waals surface area contributed by atoms with E-state index in [0.29, 0.717) is 5.37 Å². The largest absolute Gasteiger partial charge is 0.302 e. The van der Waals surface area contributed by atoms with Crippen molar-refractivity contribution in [2.24, 2.45) is 0 Å². The Morgan fingerprint density at radius 3 is 3.27 bits per heavy atom. The molecule has 0 aromatic carbocycles. The smallest absolute Gasteiger partial charge is 0.0509 e. The minimum atomic E-state index is 0.674. The third-order valence-corrected chi connectivity index (χ3v) is 4.59. The van der Waals surface area contributed by atoms with E-state index in [4.69, 9.17) is 0 Å². The lowest BCUT2D eigenvalue weighted by atomic mass is 10.1. The normalized spacial score (nSPS) is 45.8. The van der Waals surface area contributed by atoms with E-state index in [1.54, 1.807) is 0 Å².